The van der Waals surface area contributed by atoms with E-state index in [9.17, 15) is 0 Å². The van der Waals surface area contributed by atoms with Crippen LogP contribution >= 0.6 is 11.3 Å². The van der Waals surface area contributed by atoms with Gasteiger partial charge in [0.2, 0.25) is 0 Å². The number of para-hydroxylation sites is 1. The van der Waals surface area contributed by atoms with Crippen molar-refractivity contribution in [1.29, 1.82) is 0 Å². The lowest BCUT2D eigenvalue weighted by Gasteiger charge is -2.06. The molecule has 4 nitrogen and oxygen atoms in total. The number of rotatable bonds is 3. The smallest absolute Gasteiger partial charge is 0.0947 e. The SMILES string of the molecule is Cc1csc(CC(N)c2nn(C)c3ccccc23)n1. The number of nitrogens with two attached hydrogens (primary N) is 1. The number of benzene rings is 1. The zero-order chi connectivity index (χ0) is 13.4. The molecule has 0 aliphatic rings. The Hall–Kier alpha value is -1.72. The lowest BCUT2D eigenvalue weighted by Crippen LogP contribution is -2.14. The molecule has 0 saturated heterocycles. The molecule has 2 aromatic heterocycles. The molecule has 0 radical (unpaired) electrons. The Bertz CT molecular complexity index is 713. The van der Waals surface area contributed by atoms with Crippen LogP contribution in [0.5, 0.6) is 0 Å². The lowest BCUT2D eigenvalue weighted by atomic mass is 10.1. The Morgan fingerprint density at radius 3 is 2.89 bits per heavy atom. The van der Waals surface area contributed by atoms with E-state index in [0.717, 1.165) is 33.7 Å². The number of thiazole rings is 1. The van der Waals surface area contributed by atoms with Gasteiger partial charge < -0.3 is 5.73 Å². The summed E-state index contributed by atoms with van der Waals surface area (Å²) < 4.78 is 1.89. The lowest BCUT2D eigenvalue weighted by molar-refractivity contribution is 0.662. The molecule has 1 unspecified atom stereocenters. The first-order chi connectivity index (χ1) is 9.15. The highest BCUT2D eigenvalue weighted by Crippen LogP contribution is 2.25. The van der Waals surface area contributed by atoms with Gasteiger partial charge in [-0.15, -0.1) is 11.3 Å². The third-order valence-electron chi connectivity index (χ3n) is 3.20. The molecule has 5 heteroatoms. The van der Waals surface area contributed by atoms with Crippen molar-refractivity contribution in [2.75, 3.05) is 0 Å². The molecule has 0 fully saturated rings. The second-order valence-corrected chi connectivity index (χ2v) is 5.66. The van der Waals surface area contributed by atoms with Crippen LogP contribution in [0.15, 0.2) is 29.6 Å². The molecule has 1 atom stereocenters. The van der Waals surface area contributed by atoms with Gasteiger partial charge in [0.05, 0.1) is 22.3 Å². The molecule has 2 heterocycles. The zero-order valence-corrected chi connectivity index (χ0v) is 11.8. The highest BCUT2D eigenvalue weighted by molar-refractivity contribution is 7.09. The number of hydrogen-bond donors (Lipinski definition) is 1. The summed E-state index contributed by atoms with van der Waals surface area (Å²) in [4.78, 5) is 4.47. The van der Waals surface area contributed by atoms with E-state index in [2.05, 4.69) is 27.6 Å². The van der Waals surface area contributed by atoms with Crippen molar-refractivity contribution < 1.29 is 0 Å². The van der Waals surface area contributed by atoms with E-state index in [-0.39, 0.29) is 6.04 Å². The summed E-state index contributed by atoms with van der Waals surface area (Å²) >= 11 is 1.66. The number of aryl methyl sites for hydroxylation is 2. The van der Waals surface area contributed by atoms with Crippen molar-refractivity contribution in [3.8, 4) is 0 Å². The van der Waals surface area contributed by atoms with Gasteiger partial charge in [-0.25, -0.2) is 4.98 Å². The largest absolute Gasteiger partial charge is 0.322 e. The minimum absolute atomic E-state index is 0.114. The molecule has 0 aliphatic heterocycles. The molecule has 0 bridgehead atoms. The molecule has 0 aliphatic carbocycles. The quantitative estimate of drug-likeness (QED) is 0.797. The molecular formula is C14H16N4S. The Balaban J connectivity index is 1.95. The maximum atomic E-state index is 6.31. The van der Waals surface area contributed by atoms with Gasteiger partial charge in [-0.3, -0.25) is 4.68 Å². The van der Waals surface area contributed by atoms with Gasteiger partial charge in [-0.05, 0) is 13.0 Å². The highest BCUT2D eigenvalue weighted by atomic mass is 32.1. The van der Waals surface area contributed by atoms with E-state index in [1.54, 1.807) is 11.3 Å². The predicted molar refractivity (Wildman–Crippen MR) is 78.2 cm³/mol. The Morgan fingerprint density at radius 1 is 1.37 bits per heavy atom. The molecule has 3 aromatic rings. The van der Waals surface area contributed by atoms with Crippen molar-refractivity contribution in [3.05, 3.63) is 46.0 Å². The monoisotopic (exact) mass is 272 g/mol. The molecule has 2 N–H and O–H groups in total. The van der Waals surface area contributed by atoms with Crippen molar-refractivity contribution in [2.45, 2.75) is 19.4 Å². The van der Waals surface area contributed by atoms with E-state index < -0.39 is 0 Å². The van der Waals surface area contributed by atoms with Crippen LogP contribution < -0.4 is 5.73 Å². The summed E-state index contributed by atoms with van der Waals surface area (Å²) in [5, 5.41) is 8.81. The first-order valence-corrected chi connectivity index (χ1v) is 7.11. The maximum Gasteiger partial charge on any atom is 0.0947 e. The molecule has 0 spiro atoms. The molecule has 98 valence electrons. The molecule has 19 heavy (non-hydrogen) atoms. The van der Waals surface area contributed by atoms with Crippen LogP contribution in [0.3, 0.4) is 0 Å². The fourth-order valence-electron chi connectivity index (χ4n) is 2.30. The van der Waals surface area contributed by atoms with Gasteiger partial charge in [0.25, 0.3) is 0 Å². The van der Waals surface area contributed by atoms with Crippen LogP contribution in [0, 0.1) is 6.92 Å². The van der Waals surface area contributed by atoms with Crippen LogP contribution in [0.1, 0.15) is 22.4 Å². The third-order valence-corrected chi connectivity index (χ3v) is 4.19. The van der Waals surface area contributed by atoms with Gasteiger partial charge in [0.15, 0.2) is 0 Å². The van der Waals surface area contributed by atoms with Crippen LogP contribution in [-0.2, 0) is 13.5 Å². The average molecular weight is 272 g/mol. The summed E-state index contributed by atoms with van der Waals surface area (Å²) in [5.41, 5.74) is 9.42. The number of fused-ring (bicyclic) bond motifs is 1. The van der Waals surface area contributed by atoms with Gasteiger partial charge >= 0.3 is 0 Å². The van der Waals surface area contributed by atoms with Crippen LogP contribution in [0.4, 0.5) is 0 Å². The van der Waals surface area contributed by atoms with E-state index in [0.29, 0.717) is 0 Å². The van der Waals surface area contributed by atoms with E-state index >= 15 is 0 Å². The van der Waals surface area contributed by atoms with E-state index in [1.807, 2.05) is 30.8 Å². The van der Waals surface area contributed by atoms with Gasteiger partial charge in [0.1, 0.15) is 0 Å². The summed E-state index contributed by atoms with van der Waals surface area (Å²) in [6.45, 7) is 2.00. The zero-order valence-electron chi connectivity index (χ0n) is 11.0. The third kappa shape index (κ3) is 2.27. The molecule has 1 aromatic carbocycles. The maximum absolute atomic E-state index is 6.31. The van der Waals surface area contributed by atoms with Crippen molar-refractivity contribution in [1.82, 2.24) is 14.8 Å². The molecular weight excluding hydrogens is 256 g/mol. The summed E-state index contributed by atoms with van der Waals surface area (Å²) in [6, 6.07) is 8.06. The van der Waals surface area contributed by atoms with Crippen molar-refractivity contribution in [2.24, 2.45) is 12.8 Å². The normalized spacial score (nSPS) is 13.0. The summed E-state index contributed by atoms with van der Waals surface area (Å²) in [7, 11) is 1.95. The van der Waals surface area contributed by atoms with Crippen LogP contribution in [0.25, 0.3) is 10.9 Å². The Kier molecular flexibility index (Phi) is 3.08. The highest BCUT2D eigenvalue weighted by Gasteiger charge is 2.16. The van der Waals surface area contributed by atoms with E-state index in [1.165, 1.54) is 0 Å². The predicted octanol–water partition coefficient (Wildman–Crippen LogP) is 2.58. The second kappa shape index (κ2) is 4.75. The first-order valence-electron chi connectivity index (χ1n) is 6.23. The fourth-order valence-corrected chi connectivity index (χ4v) is 3.13. The summed E-state index contributed by atoms with van der Waals surface area (Å²) in [5.74, 6) is 0. The molecule has 3 rings (SSSR count). The topological polar surface area (TPSA) is 56.7 Å². The van der Waals surface area contributed by atoms with Gasteiger partial charge in [-0.2, -0.15) is 5.10 Å². The number of nitrogens with zero attached hydrogens (tertiary/aromatic N) is 3. The minimum Gasteiger partial charge on any atom is -0.322 e. The van der Waals surface area contributed by atoms with Gasteiger partial charge in [-0.1, -0.05) is 18.2 Å². The second-order valence-electron chi connectivity index (χ2n) is 4.72. The fraction of sp³-hybridized carbons (Fsp3) is 0.286. The number of hydrogen-bond acceptors (Lipinski definition) is 4. The number of aromatic nitrogens is 3. The van der Waals surface area contributed by atoms with Crippen LogP contribution in [0.2, 0.25) is 0 Å². The molecule has 0 amide bonds. The van der Waals surface area contributed by atoms with Gasteiger partial charge in [0, 0.05) is 29.9 Å². The van der Waals surface area contributed by atoms with E-state index in [4.69, 9.17) is 5.73 Å². The Morgan fingerprint density at radius 2 is 2.16 bits per heavy atom. The average Bonchev–Trinajstić information content (AvgIpc) is 2.95. The Labute approximate surface area is 115 Å². The summed E-state index contributed by atoms with van der Waals surface area (Å²) in [6.07, 6.45) is 0.736. The van der Waals surface area contributed by atoms with Crippen molar-refractivity contribution >= 4 is 22.2 Å². The minimum atomic E-state index is -0.114. The van der Waals surface area contributed by atoms with Crippen LogP contribution in [-0.4, -0.2) is 14.8 Å². The standard InChI is InChI=1S/C14H16N4S/c1-9-8-19-13(16-9)7-11(15)14-10-5-3-4-6-12(10)18(2)17-14/h3-6,8,11H,7,15H2,1-2H3. The molecule has 0 saturated carbocycles. The van der Waals surface area contributed by atoms with Crippen molar-refractivity contribution in [3.63, 3.8) is 0 Å². The first kappa shape index (κ1) is 12.3.